The smallest absolute Gasteiger partial charge is 0.253 e. The Bertz CT molecular complexity index is 1600. The number of halogens is 1. The maximum atomic E-state index is 13.7. The minimum absolute atomic E-state index is 0.236. The first-order valence-corrected chi connectivity index (χ1v) is 12.6. The molecule has 3 aromatic heterocycles. The predicted octanol–water partition coefficient (Wildman–Crippen LogP) is 5.32. The van der Waals surface area contributed by atoms with E-state index < -0.39 is 11.6 Å². The van der Waals surface area contributed by atoms with Gasteiger partial charge in [0.25, 0.3) is 5.56 Å². The van der Waals surface area contributed by atoms with Crippen molar-refractivity contribution in [2.45, 2.75) is 45.4 Å². The number of aromatic amines is 1. The molecule has 0 fully saturated rings. The van der Waals surface area contributed by atoms with Gasteiger partial charge in [-0.25, -0.2) is 4.68 Å². The highest BCUT2D eigenvalue weighted by Gasteiger charge is 2.34. The molecule has 5 aromatic rings. The Morgan fingerprint density at radius 3 is 2.63 bits per heavy atom. The molecule has 0 amide bonds. The van der Waals surface area contributed by atoms with Crippen molar-refractivity contribution in [3.05, 3.63) is 105 Å². The summed E-state index contributed by atoms with van der Waals surface area (Å²) in [5, 5.41) is 14.2. The molecule has 0 saturated carbocycles. The van der Waals surface area contributed by atoms with Crippen LogP contribution in [0.2, 0.25) is 5.02 Å². The van der Waals surface area contributed by atoms with Crippen LogP contribution in [0.15, 0.2) is 76.1 Å². The number of hydrogen-bond donors (Lipinski definition) is 1. The molecule has 0 aliphatic rings. The minimum atomic E-state index is -0.634. The van der Waals surface area contributed by atoms with Crippen molar-refractivity contribution in [3.63, 3.8) is 0 Å². The van der Waals surface area contributed by atoms with Gasteiger partial charge in [-0.15, -0.1) is 5.10 Å². The fourth-order valence-electron chi connectivity index (χ4n) is 4.56. The van der Waals surface area contributed by atoms with Gasteiger partial charge in [0.05, 0.1) is 25.5 Å². The Morgan fingerprint density at radius 1 is 1.11 bits per heavy atom. The molecule has 0 aliphatic heterocycles. The Labute approximate surface area is 225 Å². The average molecular weight is 533 g/mol. The quantitative estimate of drug-likeness (QED) is 0.288. The van der Waals surface area contributed by atoms with E-state index in [0.717, 1.165) is 16.7 Å². The topological polar surface area (TPSA) is 102 Å². The molecule has 3 heterocycles. The molecule has 5 rings (SSSR count). The van der Waals surface area contributed by atoms with Crippen LogP contribution in [0.4, 0.5) is 0 Å². The second kappa shape index (κ2) is 10.4. The summed E-state index contributed by atoms with van der Waals surface area (Å²) < 4.78 is 12.9. The molecule has 0 bridgehead atoms. The molecule has 38 heavy (non-hydrogen) atoms. The van der Waals surface area contributed by atoms with Crippen LogP contribution >= 0.6 is 11.6 Å². The monoisotopic (exact) mass is 532 g/mol. The molecule has 10 heteroatoms. The van der Waals surface area contributed by atoms with Gasteiger partial charge in [-0.3, -0.25) is 9.69 Å². The Balaban J connectivity index is 1.74. The lowest BCUT2D eigenvalue weighted by Crippen LogP contribution is -2.37. The van der Waals surface area contributed by atoms with Crippen LogP contribution in [0.25, 0.3) is 10.9 Å². The molecule has 196 valence electrons. The standard InChI is InChI=1S/C28H29ClN6O3/c1-28(2,3)35-26(31-32-33-35)25(22-15-19-14-20(37-4)11-12-24(19)30-27(22)36)34(17-21-9-7-13-38-21)16-18-8-5-6-10-23(18)29/h5-15,25H,16-17H2,1-4H3,(H,30,36). The zero-order valence-corrected chi connectivity index (χ0v) is 22.4. The lowest BCUT2D eigenvalue weighted by molar-refractivity contribution is 0.171. The zero-order valence-electron chi connectivity index (χ0n) is 21.7. The Kier molecular flexibility index (Phi) is 7.05. The van der Waals surface area contributed by atoms with E-state index in [9.17, 15) is 4.79 Å². The third-order valence-electron chi connectivity index (χ3n) is 6.38. The highest BCUT2D eigenvalue weighted by molar-refractivity contribution is 6.31. The third-order valence-corrected chi connectivity index (χ3v) is 6.75. The van der Waals surface area contributed by atoms with Gasteiger partial charge >= 0.3 is 0 Å². The van der Waals surface area contributed by atoms with Crippen molar-refractivity contribution in [3.8, 4) is 5.75 Å². The summed E-state index contributed by atoms with van der Waals surface area (Å²) in [6.45, 7) is 6.85. The Morgan fingerprint density at radius 2 is 1.92 bits per heavy atom. The number of aromatic nitrogens is 5. The molecule has 0 radical (unpaired) electrons. The van der Waals surface area contributed by atoms with Gasteiger partial charge in [-0.2, -0.15) is 0 Å². The van der Waals surface area contributed by atoms with Crippen LogP contribution < -0.4 is 10.3 Å². The summed E-state index contributed by atoms with van der Waals surface area (Å²) in [6.07, 6.45) is 1.63. The number of pyridine rings is 1. The van der Waals surface area contributed by atoms with Gasteiger partial charge in [0.2, 0.25) is 0 Å². The summed E-state index contributed by atoms with van der Waals surface area (Å²) in [6, 6.07) is 18.2. The fraction of sp³-hybridized carbons (Fsp3) is 0.286. The third kappa shape index (κ3) is 5.20. The van der Waals surface area contributed by atoms with Crippen LogP contribution in [0.1, 0.15) is 49.5 Å². The van der Waals surface area contributed by atoms with E-state index in [1.54, 1.807) is 18.1 Å². The lowest BCUT2D eigenvalue weighted by atomic mass is 10.0. The van der Waals surface area contributed by atoms with Gasteiger partial charge in [0.15, 0.2) is 5.82 Å². The summed E-state index contributed by atoms with van der Waals surface area (Å²) in [7, 11) is 1.61. The van der Waals surface area contributed by atoms with Gasteiger partial charge in [0.1, 0.15) is 17.6 Å². The molecule has 0 aliphatic carbocycles. The van der Waals surface area contributed by atoms with E-state index in [0.29, 0.717) is 40.8 Å². The Hall–Kier alpha value is -3.95. The van der Waals surface area contributed by atoms with Crippen molar-refractivity contribution < 1.29 is 9.15 Å². The summed E-state index contributed by atoms with van der Waals surface area (Å²) in [4.78, 5) is 18.8. The molecule has 1 atom stereocenters. The number of methoxy groups -OCH3 is 1. The largest absolute Gasteiger partial charge is 0.497 e. The summed E-state index contributed by atoms with van der Waals surface area (Å²) >= 11 is 6.60. The van der Waals surface area contributed by atoms with E-state index in [2.05, 4.69) is 25.4 Å². The molecular formula is C28H29ClN6O3. The fourth-order valence-corrected chi connectivity index (χ4v) is 4.76. The lowest BCUT2D eigenvalue weighted by Gasteiger charge is -2.32. The number of fused-ring (bicyclic) bond motifs is 1. The number of nitrogens with zero attached hydrogens (tertiary/aromatic N) is 5. The number of benzene rings is 2. The molecule has 0 saturated heterocycles. The summed E-state index contributed by atoms with van der Waals surface area (Å²) in [5.74, 6) is 1.95. The van der Waals surface area contributed by atoms with Gasteiger partial charge in [-0.1, -0.05) is 29.8 Å². The number of H-pyrrole nitrogens is 1. The van der Waals surface area contributed by atoms with Gasteiger partial charge < -0.3 is 14.1 Å². The molecule has 9 nitrogen and oxygen atoms in total. The molecule has 0 spiro atoms. The van der Waals surface area contributed by atoms with Crippen molar-refractivity contribution in [2.24, 2.45) is 0 Å². The highest BCUT2D eigenvalue weighted by Crippen LogP contribution is 2.33. The van der Waals surface area contributed by atoms with E-state index in [4.69, 9.17) is 20.8 Å². The number of furan rings is 1. The van der Waals surface area contributed by atoms with Crippen LogP contribution in [0.5, 0.6) is 5.75 Å². The molecule has 2 aromatic carbocycles. The molecular weight excluding hydrogens is 504 g/mol. The van der Waals surface area contributed by atoms with E-state index >= 15 is 0 Å². The van der Waals surface area contributed by atoms with Crippen molar-refractivity contribution in [2.75, 3.05) is 7.11 Å². The van der Waals surface area contributed by atoms with E-state index in [1.807, 2.05) is 81.4 Å². The first kappa shape index (κ1) is 25.7. The van der Waals surface area contributed by atoms with Crippen molar-refractivity contribution in [1.29, 1.82) is 0 Å². The maximum absolute atomic E-state index is 13.7. The second-order valence-electron chi connectivity index (χ2n) is 10.1. The molecule has 1 unspecified atom stereocenters. The normalized spacial score (nSPS) is 12.8. The van der Waals surface area contributed by atoms with Crippen LogP contribution in [0, 0.1) is 0 Å². The van der Waals surface area contributed by atoms with Gasteiger partial charge in [-0.05, 0) is 79.2 Å². The van der Waals surface area contributed by atoms with Crippen molar-refractivity contribution >= 4 is 22.5 Å². The SMILES string of the molecule is COc1ccc2[nH]c(=O)c(C(c3nnnn3C(C)(C)C)N(Cc3ccco3)Cc3ccccc3Cl)cc2c1. The maximum Gasteiger partial charge on any atom is 0.253 e. The van der Waals surface area contributed by atoms with Crippen LogP contribution in [-0.4, -0.2) is 37.2 Å². The average Bonchev–Trinajstić information content (AvgIpc) is 3.58. The molecule has 1 N–H and O–H groups in total. The number of nitrogens with one attached hydrogen (secondary N) is 1. The van der Waals surface area contributed by atoms with Gasteiger partial charge in [0, 0.05) is 28.0 Å². The summed E-state index contributed by atoms with van der Waals surface area (Å²) in [5.41, 5.74) is 1.42. The van der Waals surface area contributed by atoms with Crippen LogP contribution in [-0.2, 0) is 18.6 Å². The highest BCUT2D eigenvalue weighted by atomic mass is 35.5. The first-order valence-electron chi connectivity index (χ1n) is 12.2. The van der Waals surface area contributed by atoms with E-state index in [-0.39, 0.29) is 5.56 Å². The van der Waals surface area contributed by atoms with Crippen molar-refractivity contribution in [1.82, 2.24) is 30.1 Å². The minimum Gasteiger partial charge on any atom is -0.497 e. The zero-order chi connectivity index (χ0) is 26.9. The number of rotatable bonds is 8. The van der Waals surface area contributed by atoms with E-state index in [1.165, 1.54) is 0 Å². The first-order chi connectivity index (χ1) is 18.2. The van der Waals surface area contributed by atoms with Crippen LogP contribution in [0.3, 0.4) is 0 Å². The number of ether oxygens (including phenoxy) is 1. The second-order valence-corrected chi connectivity index (χ2v) is 10.5. The number of hydrogen-bond acceptors (Lipinski definition) is 7. The predicted molar refractivity (Wildman–Crippen MR) is 145 cm³/mol. The number of tetrazole rings is 1.